The first-order valence-corrected chi connectivity index (χ1v) is 10.9. The van der Waals surface area contributed by atoms with Crippen LogP contribution in [0, 0.1) is 0 Å². The number of amides is 1. The van der Waals surface area contributed by atoms with Crippen molar-refractivity contribution >= 4 is 35.1 Å². The highest BCUT2D eigenvalue weighted by Crippen LogP contribution is 2.44. The summed E-state index contributed by atoms with van der Waals surface area (Å²) in [5.74, 6) is -1.41. The lowest BCUT2D eigenvalue weighted by Crippen LogP contribution is -2.56. The van der Waals surface area contributed by atoms with Gasteiger partial charge in [-0.15, -0.1) is 6.58 Å². The minimum absolute atomic E-state index is 0.276. The summed E-state index contributed by atoms with van der Waals surface area (Å²) in [6, 6.07) is 12.6. The van der Waals surface area contributed by atoms with E-state index in [9.17, 15) is 14.7 Å². The molecule has 0 saturated carbocycles. The van der Waals surface area contributed by atoms with Crippen molar-refractivity contribution in [2.75, 3.05) is 0 Å². The highest BCUT2D eigenvalue weighted by atomic mass is 35.5. The van der Waals surface area contributed by atoms with Crippen LogP contribution in [0.3, 0.4) is 0 Å². The van der Waals surface area contributed by atoms with Crippen LogP contribution in [0.15, 0.2) is 61.2 Å². The zero-order valence-corrected chi connectivity index (χ0v) is 18.7. The highest BCUT2D eigenvalue weighted by molar-refractivity contribution is 6.30. The third-order valence-electron chi connectivity index (χ3n) is 5.38. The molecule has 5 nitrogen and oxygen atoms in total. The van der Waals surface area contributed by atoms with Gasteiger partial charge in [-0.2, -0.15) is 0 Å². The van der Waals surface area contributed by atoms with Gasteiger partial charge in [-0.05, 0) is 41.8 Å². The second-order valence-corrected chi connectivity index (χ2v) is 8.38. The number of carbonyl (C=O) groups is 2. The van der Waals surface area contributed by atoms with Crippen molar-refractivity contribution in [2.24, 2.45) is 0 Å². The molecule has 2 aromatic rings. The number of morpholine rings is 1. The molecule has 1 amide bonds. The van der Waals surface area contributed by atoms with Crippen LogP contribution < -0.4 is 0 Å². The largest absolute Gasteiger partial charge is 0.480 e. The van der Waals surface area contributed by atoms with Crippen LogP contribution >= 0.6 is 23.2 Å². The van der Waals surface area contributed by atoms with E-state index in [1.165, 1.54) is 4.90 Å². The Balaban J connectivity index is 2.20. The maximum Gasteiger partial charge on any atom is 0.326 e. The molecule has 3 rings (SSSR count). The van der Waals surface area contributed by atoms with Crippen molar-refractivity contribution in [3.05, 3.63) is 82.4 Å². The van der Waals surface area contributed by atoms with Crippen molar-refractivity contribution in [1.82, 2.24) is 4.90 Å². The van der Waals surface area contributed by atoms with Crippen molar-refractivity contribution < 1.29 is 19.4 Å². The second-order valence-electron chi connectivity index (χ2n) is 7.51. The number of hydrogen-bond donors (Lipinski definition) is 1. The minimum Gasteiger partial charge on any atom is -0.480 e. The monoisotopic (exact) mass is 461 g/mol. The van der Waals surface area contributed by atoms with Gasteiger partial charge >= 0.3 is 5.97 Å². The lowest BCUT2D eigenvalue weighted by molar-refractivity contribution is -0.184. The maximum atomic E-state index is 13.5. The predicted molar refractivity (Wildman–Crippen MR) is 121 cm³/mol. The molecule has 4 atom stereocenters. The number of ether oxygens (including phenoxy) is 1. The fourth-order valence-corrected chi connectivity index (χ4v) is 4.33. The van der Waals surface area contributed by atoms with Gasteiger partial charge in [-0.25, -0.2) is 4.79 Å². The van der Waals surface area contributed by atoms with E-state index in [0.717, 1.165) is 11.1 Å². The number of benzene rings is 2. The first-order chi connectivity index (χ1) is 14.9. The lowest BCUT2D eigenvalue weighted by Gasteiger charge is -2.47. The molecule has 0 bridgehead atoms. The van der Waals surface area contributed by atoms with Gasteiger partial charge in [0.15, 0.2) is 0 Å². The minimum atomic E-state index is -1.04. The lowest BCUT2D eigenvalue weighted by atomic mass is 9.89. The molecular weight excluding hydrogens is 437 g/mol. The number of carboxylic acids is 1. The molecule has 1 N–H and O–H groups in total. The smallest absolute Gasteiger partial charge is 0.326 e. The Bertz CT molecular complexity index is 947. The molecule has 0 unspecified atom stereocenters. The Morgan fingerprint density at radius 1 is 1.19 bits per heavy atom. The van der Waals surface area contributed by atoms with E-state index in [1.807, 2.05) is 19.1 Å². The molecule has 1 saturated heterocycles. The van der Waals surface area contributed by atoms with Crippen LogP contribution in [0.4, 0.5) is 0 Å². The molecule has 1 aliphatic rings. The summed E-state index contributed by atoms with van der Waals surface area (Å²) >= 11 is 12.3. The van der Waals surface area contributed by atoms with Crippen molar-refractivity contribution in [3.8, 4) is 0 Å². The van der Waals surface area contributed by atoms with E-state index >= 15 is 0 Å². The molecule has 31 heavy (non-hydrogen) atoms. The molecule has 1 fully saturated rings. The number of nitrogens with zero attached hydrogens (tertiary/aromatic N) is 1. The number of carbonyl (C=O) groups excluding carboxylic acids is 1. The van der Waals surface area contributed by atoms with E-state index in [0.29, 0.717) is 22.9 Å². The van der Waals surface area contributed by atoms with E-state index in [1.54, 1.807) is 42.5 Å². The van der Waals surface area contributed by atoms with Crippen molar-refractivity contribution in [2.45, 2.75) is 50.5 Å². The van der Waals surface area contributed by atoms with E-state index in [-0.39, 0.29) is 12.3 Å². The van der Waals surface area contributed by atoms with E-state index in [4.69, 9.17) is 27.9 Å². The molecule has 1 aliphatic heterocycles. The first-order valence-electron chi connectivity index (χ1n) is 10.2. The van der Waals surface area contributed by atoms with Crippen molar-refractivity contribution in [3.63, 3.8) is 0 Å². The average molecular weight is 462 g/mol. The van der Waals surface area contributed by atoms with Gasteiger partial charge in [0, 0.05) is 16.5 Å². The topological polar surface area (TPSA) is 66.8 Å². The standard InChI is InChI=1S/C24H25Cl2NO4/c1-3-6-19(24(29)30)27-21(15-10-12-17(25)13-11-15)22(16-8-5-9-18(26)14-16)31-20(7-4-2)23(27)28/h4-5,8-14,19-22H,2-3,6-7H2,1H3,(H,29,30)/t19-,20-,21+,22-/m0/s1. The number of rotatable bonds is 8. The zero-order chi connectivity index (χ0) is 22.5. The highest BCUT2D eigenvalue weighted by Gasteiger charge is 2.47. The third-order valence-corrected chi connectivity index (χ3v) is 5.87. The summed E-state index contributed by atoms with van der Waals surface area (Å²) < 4.78 is 6.27. The fourth-order valence-electron chi connectivity index (χ4n) is 4.01. The SMILES string of the molecule is C=CC[C@@H]1O[C@@H](c2cccc(Cl)c2)[C@@H](c2ccc(Cl)cc2)N([C@@H](CCC)C(=O)O)C1=O. The van der Waals surface area contributed by atoms with Crippen molar-refractivity contribution in [1.29, 1.82) is 0 Å². The van der Waals surface area contributed by atoms with Crippen LogP contribution in [-0.4, -0.2) is 34.0 Å². The zero-order valence-electron chi connectivity index (χ0n) is 17.2. The van der Waals surface area contributed by atoms with Gasteiger partial charge in [0.25, 0.3) is 5.91 Å². The quantitative estimate of drug-likeness (QED) is 0.501. The predicted octanol–water partition coefficient (Wildman–Crippen LogP) is 5.83. The summed E-state index contributed by atoms with van der Waals surface area (Å²) in [4.78, 5) is 27.2. The Labute approximate surface area is 192 Å². The number of halogens is 2. The fraction of sp³-hybridized carbons (Fsp3) is 0.333. The molecule has 0 radical (unpaired) electrons. The van der Waals surface area contributed by atoms with Crippen LogP contribution in [0.1, 0.15) is 49.5 Å². The first kappa shape index (κ1) is 23.3. The molecule has 0 spiro atoms. The van der Waals surface area contributed by atoms with Gasteiger partial charge in [0.2, 0.25) is 0 Å². The number of carboxylic acid groups (broad SMARTS) is 1. The molecule has 164 valence electrons. The molecule has 0 aromatic heterocycles. The molecular formula is C24H25Cl2NO4. The Hall–Kier alpha value is -2.34. The van der Waals surface area contributed by atoms with E-state index in [2.05, 4.69) is 6.58 Å². The number of hydrogen-bond acceptors (Lipinski definition) is 3. The molecule has 1 heterocycles. The second kappa shape index (κ2) is 10.3. The summed E-state index contributed by atoms with van der Waals surface area (Å²) in [5, 5.41) is 11.1. The van der Waals surface area contributed by atoms with Gasteiger partial charge in [0.1, 0.15) is 18.2 Å². The molecule has 2 aromatic carbocycles. The average Bonchev–Trinajstić information content (AvgIpc) is 2.74. The molecule has 0 aliphatic carbocycles. The Morgan fingerprint density at radius 2 is 1.90 bits per heavy atom. The van der Waals surface area contributed by atoms with Gasteiger partial charge in [-0.3, -0.25) is 4.79 Å². The van der Waals surface area contributed by atoms with E-state index < -0.39 is 30.3 Å². The van der Waals surface area contributed by atoms with Crippen LogP contribution in [0.2, 0.25) is 10.0 Å². The summed E-state index contributed by atoms with van der Waals surface area (Å²) in [7, 11) is 0. The molecule has 7 heteroatoms. The summed E-state index contributed by atoms with van der Waals surface area (Å²) in [6.45, 7) is 5.62. The Kier molecular flexibility index (Phi) is 7.76. The summed E-state index contributed by atoms with van der Waals surface area (Å²) in [6.07, 6.45) is 1.38. The normalized spacial score (nSPS) is 22.2. The van der Waals surface area contributed by atoms with Crippen LogP contribution in [0.5, 0.6) is 0 Å². The van der Waals surface area contributed by atoms with Gasteiger partial charge in [0.05, 0.1) is 6.04 Å². The maximum absolute atomic E-state index is 13.5. The Morgan fingerprint density at radius 3 is 2.48 bits per heavy atom. The number of aliphatic carboxylic acids is 1. The van der Waals surface area contributed by atoms with Crippen LogP contribution in [-0.2, 0) is 14.3 Å². The summed E-state index contributed by atoms with van der Waals surface area (Å²) in [5.41, 5.74) is 1.50. The van der Waals surface area contributed by atoms with Gasteiger partial charge < -0.3 is 14.7 Å². The van der Waals surface area contributed by atoms with Gasteiger partial charge in [-0.1, -0.05) is 66.9 Å². The third kappa shape index (κ3) is 5.12. The van der Waals surface area contributed by atoms with Crippen LogP contribution in [0.25, 0.3) is 0 Å².